The monoisotopic (exact) mass is 251 g/mol. The molecular weight excluding hydrogens is 230 g/mol. The first-order valence-electron chi connectivity index (χ1n) is 7.34. The Hall–Kier alpha value is -1.76. The van der Waals surface area contributed by atoms with Crippen LogP contribution in [0.2, 0.25) is 0 Å². The highest BCUT2D eigenvalue weighted by Crippen LogP contribution is 2.24. The Balaban J connectivity index is 1.68. The SMILES string of the molecule is c1ccc(-c2ccc(NC3CCCCC3)cc2)cc1. The summed E-state index contributed by atoms with van der Waals surface area (Å²) in [5.41, 5.74) is 3.83. The fraction of sp³-hybridized carbons (Fsp3) is 0.333. The lowest BCUT2D eigenvalue weighted by atomic mass is 9.95. The van der Waals surface area contributed by atoms with E-state index in [0.717, 1.165) is 0 Å². The quantitative estimate of drug-likeness (QED) is 0.800. The van der Waals surface area contributed by atoms with Crippen molar-refractivity contribution in [3.63, 3.8) is 0 Å². The van der Waals surface area contributed by atoms with Crippen LogP contribution >= 0.6 is 0 Å². The highest BCUT2D eigenvalue weighted by molar-refractivity contribution is 5.65. The molecule has 1 nitrogen and oxygen atoms in total. The predicted octanol–water partition coefficient (Wildman–Crippen LogP) is 5.10. The molecule has 0 spiro atoms. The number of nitrogens with one attached hydrogen (secondary N) is 1. The first-order chi connectivity index (χ1) is 9.42. The lowest BCUT2D eigenvalue weighted by Crippen LogP contribution is -2.22. The molecule has 0 heterocycles. The summed E-state index contributed by atoms with van der Waals surface area (Å²) in [6, 6.07) is 20.0. The Bertz CT molecular complexity index is 495. The van der Waals surface area contributed by atoms with Gasteiger partial charge in [-0.3, -0.25) is 0 Å². The van der Waals surface area contributed by atoms with E-state index in [9.17, 15) is 0 Å². The minimum atomic E-state index is 0.677. The van der Waals surface area contributed by atoms with Crippen molar-refractivity contribution >= 4 is 5.69 Å². The van der Waals surface area contributed by atoms with Gasteiger partial charge in [-0.25, -0.2) is 0 Å². The smallest absolute Gasteiger partial charge is 0.0342 e. The number of rotatable bonds is 3. The summed E-state index contributed by atoms with van der Waals surface area (Å²) in [4.78, 5) is 0. The van der Waals surface area contributed by atoms with Crippen molar-refractivity contribution < 1.29 is 0 Å². The molecule has 0 bridgehead atoms. The minimum absolute atomic E-state index is 0.677. The summed E-state index contributed by atoms with van der Waals surface area (Å²) in [5.74, 6) is 0. The lowest BCUT2D eigenvalue weighted by Gasteiger charge is -2.23. The van der Waals surface area contributed by atoms with Gasteiger partial charge in [-0.15, -0.1) is 0 Å². The fourth-order valence-corrected chi connectivity index (χ4v) is 2.87. The molecule has 2 aromatic rings. The van der Waals surface area contributed by atoms with Crippen LogP contribution in [0.15, 0.2) is 54.6 Å². The third-order valence-corrected chi connectivity index (χ3v) is 3.97. The average molecular weight is 251 g/mol. The minimum Gasteiger partial charge on any atom is -0.382 e. The first kappa shape index (κ1) is 12.3. The molecular formula is C18H21N. The molecule has 0 unspecified atom stereocenters. The second-order valence-electron chi connectivity index (χ2n) is 5.42. The predicted molar refractivity (Wildman–Crippen MR) is 82.4 cm³/mol. The molecule has 3 rings (SSSR count). The van der Waals surface area contributed by atoms with Crippen molar-refractivity contribution in [3.05, 3.63) is 54.6 Å². The lowest BCUT2D eigenvalue weighted by molar-refractivity contribution is 0.463. The molecule has 2 aromatic carbocycles. The van der Waals surface area contributed by atoms with Crippen LogP contribution in [0.3, 0.4) is 0 Å². The van der Waals surface area contributed by atoms with Crippen LogP contribution in [-0.2, 0) is 0 Å². The summed E-state index contributed by atoms with van der Waals surface area (Å²) in [6.45, 7) is 0. The van der Waals surface area contributed by atoms with E-state index in [1.165, 1.54) is 48.9 Å². The Labute approximate surface area is 115 Å². The highest BCUT2D eigenvalue weighted by Gasteiger charge is 2.12. The van der Waals surface area contributed by atoms with Crippen molar-refractivity contribution in [2.75, 3.05) is 5.32 Å². The number of benzene rings is 2. The van der Waals surface area contributed by atoms with Crippen LogP contribution < -0.4 is 5.32 Å². The van der Waals surface area contributed by atoms with Gasteiger partial charge in [0.2, 0.25) is 0 Å². The summed E-state index contributed by atoms with van der Waals surface area (Å²) in [5, 5.41) is 3.66. The van der Waals surface area contributed by atoms with E-state index in [1.54, 1.807) is 0 Å². The standard InChI is InChI=1S/C18H21N/c1-3-7-15(8-4-1)16-11-13-18(14-12-16)19-17-9-5-2-6-10-17/h1,3-4,7-8,11-14,17,19H,2,5-6,9-10H2. The van der Waals surface area contributed by atoms with Crippen molar-refractivity contribution in [2.24, 2.45) is 0 Å². The molecule has 1 heteroatoms. The molecule has 1 saturated carbocycles. The summed E-state index contributed by atoms with van der Waals surface area (Å²) in [6.07, 6.45) is 6.80. The Kier molecular flexibility index (Phi) is 3.83. The van der Waals surface area contributed by atoms with Crippen molar-refractivity contribution in [1.82, 2.24) is 0 Å². The molecule has 19 heavy (non-hydrogen) atoms. The molecule has 1 aliphatic carbocycles. The summed E-state index contributed by atoms with van der Waals surface area (Å²) < 4.78 is 0. The van der Waals surface area contributed by atoms with Crippen molar-refractivity contribution in [2.45, 2.75) is 38.1 Å². The highest BCUT2D eigenvalue weighted by atomic mass is 14.9. The molecule has 0 aromatic heterocycles. The maximum atomic E-state index is 3.66. The largest absolute Gasteiger partial charge is 0.382 e. The third kappa shape index (κ3) is 3.17. The van der Waals surface area contributed by atoms with Crippen molar-refractivity contribution in [1.29, 1.82) is 0 Å². The molecule has 1 N–H and O–H groups in total. The van der Waals surface area contributed by atoms with Gasteiger partial charge in [0.1, 0.15) is 0 Å². The molecule has 0 saturated heterocycles. The second kappa shape index (κ2) is 5.92. The first-order valence-corrected chi connectivity index (χ1v) is 7.34. The van der Waals surface area contributed by atoms with Crippen LogP contribution in [0.4, 0.5) is 5.69 Å². The van der Waals surface area contributed by atoms with E-state index < -0.39 is 0 Å². The van der Waals surface area contributed by atoms with Crippen LogP contribution in [-0.4, -0.2) is 6.04 Å². The topological polar surface area (TPSA) is 12.0 Å². The van der Waals surface area contributed by atoms with Gasteiger partial charge in [0, 0.05) is 11.7 Å². The van der Waals surface area contributed by atoms with E-state index in [4.69, 9.17) is 0 Å². The molecule has 1 fully saturated rings. The summed E-state index contributed by atoms with van der Waals surface area (Å²) >= 11 is 0. The van der Waals surface area contributed by atoms with Gasteiger partial charge in [-0.05, 0) is 36.1 Å². The molecule has 0 aliphatic heterocycles. The van der Waals surface area contributed by atoms with Gasteiger partial charge in [0.05, 0.1) is 0 Å². The zero-order valence-electron chi connectivity index (χ0n) is 11.3. The fourth-order valence-electron chi connectivity index (χ4n) is 2.87. The van der Waals surface area contributed by atoms with Crippen LogP contribution in [0.25, 0.3) is 11.1 Å². The third-order valence-electron chi connectivity index (χ3n) is 3.97. The van der Waals surface area contributed by atoms with Gasteiger partial charge >= 0.3 is 0 Å². The van der Waals surface area contributed by atoms with E-state index >= 15 is 0 Å². The van der Waals surface area contributed by atoms with E-state index in [0.29, 0.717) is 6.04 Å². The molecule has 98 valence electrons. The molecule has 1 aliphatic rings. The number of anilines is 1. The maximum Gasteiger partial charge on any atom is 0.0342 e. The Morgan fingerprint density at radius 3 is 2.00 bits per heavy atom. The van der Waals surface area contributed by atoms with E-state index in [-0.39, 0.29) is 0 Å². The maximum absolute atomic E-state index is 3.66. The normalized spacial score (nSPS) is 16.2. The van der Waals surface area contributed by atoms with Gasteiger partial charge in [0.15, 0.2) is 0 Å². The zero-order chi connectivity index (χ0) is 12.9. The average Bonchev–Trinajstić information content (AvgIpc) is 2.50. The van der Waals surface area contributed by atoms with E-state index in [2.05, 4.69) is 59.9 Å². The number of hydrogen-bond donors (Lipinski definition) is 1. The molecule has 0 amide bonds. The van der Waals surface area contributed by atoms with Gasteiger partial charge < -0.3 is 5.32 Å². The van der Waals surface area contributed by atoms with Crippen molar-refractivity contribution in [3.8, 4) is 11.1 Å². The Morgan fingerprint density at radius 1 is 0.684 bits per heavy atom. The van der Waals surface area contributed by atoms with Gasteiger partial charge in [-0.2, -0.15) is 0 Å². The number of hydrogen-bond acceptors (Lipinski definition) is 1. The zero-order valence-corrected chi connectivity index (χ0v) is 11.3. The molecule has 0 radical (unpaired) electrons. The van der Waals surface area contributed by atoms with E-state index in [1.807, 2.05) is 0 Å². The molecule has 0 atom stereocenters. The van der Waals surface area contributed by atoms with Crippen LogP contribution in [0.1, 0.15) is 32.1 Å². The van der Waals surface area contributed by atoms with Crippen LogP contribution in [0, 0.1) is 0 Å². The summed E-state index contributed by atoms with van der Waals surface area (Å²) in [7, 11) is 0. The van der Waals surface area contributed by atoms with Gasteiger partial charge in [0.25, 0.3) is 0 Å². The second-order valence-corrected chi connectivity index (χ2v) is 5.42. The van der Waals surface area contributed by atoms with Gasteiger partial charge in [-0.1, -0.05) is 61.7 Å². The Morgan fingerprint density at radius 2 is 1.32 bits per heavy atom. The van der Waals surface area contributed by atoms with Crippen LogP contribution in [0.5, 0.6) is 0 Å².